The van der Waals surface area contributed by atoms with Crippen molar-refractivity contribution in [3.8, 4) is 0 Å². The summed E-state index contributed by atoms with van der Waals surface area (Å²) in [6.07, 6.45) is 2.87. The summed E-state index contributed by atoms with van der Waals surface area (Å²) in [6.45, 7) is 2.29. The number of tetrazole rings is 1. The zero-order valence-electron chi connectivity index (χ0n) is 13.2. The molecule has 3 N–H and O–H groups in total. The van der Waals surface area contributed by atoms with Crippen molar-refractivity contribution in [2.75, 3.05) is 6.54 Å². The van der Waals surface area contributed by atoms with E-state index in [0.717, 1.165) is 18.4 Å². The normalized spacial score (nSPS) is 16.8. The molecule has 1 heterocycles. The zero-order valence-corrected chi connectivity index (χ0v) is 13.2. The van der Waals surface area contributed by atoms with Gasteiger partial charge in [0.15, 0.2) is 0 Å². The van der Waals surface area contributed by atoms with Crippen molar-refractivity contribution < 1.29 is 4.79 Å². The second kappa shape index (κ2) is 6.87. The van der Waals surface area contributed by atoms with Gasteiger partial charge in [0, 0.05) is 19.0 Å². The molecule has 1 saturated carbocycles. The molecule has 1 aliphatic rings. The molecule has 2 unspecified atom stereocenters. The van der Waals surface area contributed by atoms with Crippen LogP contribution in [0.3, 0.4) is 0 Å². The third-order valence-electron chi connectivity index (χ3n) is 4.27. The van der Waals surface area contributed by atoms with E-state index in [-0.39, 0.29) is 11.9 Å². The van der Waals surface area contributed by atoms with Crippen LogP contribution in [0.25, 0.3) is 0 Å². The van der Waals surface area contributed by atoms with Gasteiger partial charge >= 0.3 is 0 Å². The highest BCUT2D eigenvalue weighted by Gasteiger charge is 2.30. The molecular weight excluding hydrogens is 292 g/mol. The van der Waals surface area contributed by atoms with Gasteiger partial charge < -0.3 is 11.1 Å². The average molecular weight is 314 g/mol. The van der Waals surface area contributed by atoms with Crippen LogP contribution in [0, 0.1) is 12.8 Å². The Morgan fingerprint density at radius 1 is 1.39 bits per heavy atom. The SMILES string of the molecule is Cc1nnnn1C(Cc1ccccc1)C(=O)NCC(N)C1CC1. The van der Waals surface area contributed by atoms with E-state index < -0.39 is 6.04 Å². The van der Waals surface area contributed by atoms with E-state index in [4.69, 9.17) is 5.73 Å². The fourth-order valence-electron chi connectivity index (χ4n) is 2.68. The summed E-state index contributed by atoms with van der Waals surface area (Å²) in [6, 6.07) is 9.42. The molecule has 0 radical (unpaired) electrons. The van der Waals surface area contributed by atoms with Gasteiger partial charge in [0.1, 0.15) is 11.9 Å². The van der Waals surface area contributed by atoms with Gasteiger partial charge in [-0.15, -0.1) is 5.10 Å². The summed E-state index contributed by atoms with van der Waals surface area (Å²) in [5, 5.41) is 14.5. The van der Waals surface area contributed by atoms with Gasteiger partial charge in [-0.2, -0.15) is 0 Å². The second-order valence-electron chi connectivity index (χ2n) is 6.12. The monoisotopic (exact) mass is 314 g/mol. The lowest BCUT2D eigenvalue weighted by molar-refractivity contribution is -0.124. The van der Waals surface area contributed by atoms with Gasteiger partial charge in [-0.05, 0) is 41.7 Å². The summed E-state index contributed by atoms with van der Waals surface area (Å²) in [5.41, 5.74) is 7.13. The first-order chi connectivity index (χ1) is 11.1. The largest absolute Gasteiger partial charge is 0.353 e. The van der Waals surface area contributed by atoms with Crippen LogP contribution >= 0.6 is 0 Å². The van der Waals surface area contributed by atoms with Crippen LogP contribution in [0.1, 0.15) is 30.3 Å². The van der Waals surface area contributed by atoms with Gasteiger partial charge in [-0.1, -0.05) is 30.3 Å². The Morgan fingerprint density at radius 2 is 2.13 bits per heavy atom. The molecule has 122 valence electrons. The lowest BCUT2D eigenvalue weighted by Gasteiger charge is -2.19. The van der Waals surface area contributed by atoms with Crippen LogP contribution in [-0.4, -0.2) is 38.7 Å². The van der Waals surface area contributed by atoms with E-state index in [9.17, 15) is 4.79 Å². The lowest BCUT2D eigenvalue weighted by atomic mass is 10.0. The fraction of sp³-hybridized carbons (Fsp3) is 0.500. The topological polar surface area (TPSA) is 98.7 Å². The molecule has 7 heteroatoms. The van der Waals surface area contributed by atoms with Crippen LogP contribution in [0.5, 0.6) is 0 Å². The predicted octanol–water partition coefficient (Wildman–Crippen LogP) is 0.619. The maximum Gasteiger partial charge on any atom is 0.245 e. The molecular formula is C16H22N6O. The molecule has 2 atom stereocenters. The van der Waals surface area contributed by atoms with Crippen LogP contribution in [0.15, 0.2) is 30.3 Å². The second-order valence-corrected chi connectivity index (χ2v) is 6.12. The Hall–Kier alpha value is -2.28. The number of amides is 1. The average Bonchev–Trinajstić information content (AvgIpc) is 3.33. The van der Waals surface area contributed by atoms with Crippen LogP contribution < -0.4 is 11.1 Å². The minimum absolute atomic E-state index is 0.0336. The first kappa shape index (κ1) is 15.6. The van der Waals surface area contributed by atoms with Crippen molar-refractivity contribution >= 4 is 5.91 Å². The van der Waals surface area contributed by atoms with Gasteiger partial charge in [-0.3, -0.25) is 4.79 Å². The summed E-state index contributed by atoms with van der Waals surface area (Å²) in [7, 11) is 0. The highest BCUT2D eigenvalue weighted by Crippen LogP contribution is 2.31. The first-order valence-corrected chi connectivity index (χ1v) is 7.97. The Balaban J connectivity index is 1.71. The molecule has 1 aromatic heterocycles. The number of nitrogens with two attached hydrogens (primary N) is 1. The van der Waals surface area contributed by atoms with Crippen molar-refractivity contribution in [2.45, 2.75) is 38.3 Å². The number of rotatable bonds is 7. The molecule has 1 aromatic carbocycles. The molecule has 1 aliphatic carbocycles. The van der Waals surface area contributed by atoms with E-state index in [1.165, 1.54) is 0 Å². The number of nitrogens with zero attached hydrogens (tertiary/aromatic N) is 4. The van der Waals surface area contributed by atoms with Crippen molar-refractivity contribution in [3.63, 3.8) is 0 Å². The van der Waals surface area contributed by atoms with E-state index in [2.05, 4.69) is 20.8 Å². The summed E-state index contributed by atoms with van der Waals surface area (Å²) in [5.74, 6) is 1.07. The Kier molecular flexibility index (Phi) is 4.66. The van der Waals surface area contributed by atoms with Gasteiger partial charge in [0.2, 0.25) is 5.91 Å². The number of nitrogens with one attached hydrogen (secondary N) is 1. The summed E-state index contributed by atoms with van der Waals surface area (Å²) >= 11 is 0. The molecule has 0 spiro atoms. The third-order valence-corrected chi connectivity index (χ3v) is 4.27. The van der Waals surface area contributed by atoms with E-state index >= 15 is 0 Å². The maximum atomic E-state index is 12.7. The van der Waals surface area contributed by atoms with E-state index in [1.807, 2.05) is 30.3 Å². The Labute approximate surface area is 135 Å². The number of aryl methyl sites for hydroxylation is 1. The number of carbonyl (C=O) groups is 1. The number of carbonyl (C=O) groups excluding carboxylic acids is 1. The van der Waals surface area contributed by atoms with Gasteiger partial charge in [0.25, 0.3) is 0 Å². The number of hydrogen-bond acceptors (Lipinski definition) is 5. The van der Waals surface area contributed by atoms with E-state index in [1.54, 1.807) is 11.6 Å². The molecule has 0 aliphatic heterocycles. The molecule has 1 fully saturated rings. The quantitative estimate of drug-likeness (QED) is 0.780. The minimum Gasteiger partial charge on any atom is -0.353 e. The van der Waals surface area contributed by atoms with Crippen molar-refractivity contribution in [1.82, 2.24) is 25.5 Å². The smallest absolute Gasteiger partial charge is 0.245 e. The van der Waals surface area contributed by atoms with Crippen molar-refractivity contribution in [1.29, 1.82) is 0 Å². The standard InChI is InChI=1S/C16H22N6O/c1-11-19-20-21-22(11)15(9-12-5-3-2-4-6-12)16(23)18-10-14(17)13-7-8-13/h2-6,13-15H,7-10,17H2,1H3,(H,18,23). The zero-order chi connectivity index (χ0) is 16.2. The Morgan fingerprint density at radius 3 is 2.74 bits per heavy atom. The maximum absolute atomic E-state index is 12.7. The number of benzene rings is 1. The number of aromatic nitrogens is 4. The van der Waals surface area contributed by atoms with Gasteiger partial charge in [0.05, 0.1) is 0 Å². The fourth-order valence-corrected chi connectivity index (χ4v) is 2.68. The summed E-state index contributed by atoms with van der Waals surface area (Å²) < 4.78 is 1.57. The lowest BCUT2D eigenvalue weighted by Crippen LogP contribution is -2.42. The van der Waals surface area contributed by atoms with Crippen LogP contribution in [0.4, 0.5) is 0 Å². The highest BCUT2D eigenvalue weighted by molar-refractivity contribution is 5.80. The minimum atomic E-state index is -0.473. The third kappa shape index (κ3) is 3.92. The molecule has 7 nitrogen and oxygen atoms in total. The van der Waals surface area contributed by atoms with Crippen molar-refractivity contribution in [2.24, 2.45) is 11.7 Å². The Bertz CT molecular complexity index is 652. The molecule has 1 amide bonds. The molecule has 23 heavy (non-hydrogen) atoms. The first-order valence-electron chi connectivity index (χ1n) is 7.97. The molecule has 2 aromatic rings. The highest BCUT2D eigenvalue weighted by atomic mass is 16.2. The van der Waals surface area contributed by atoms with Gasteiger partial charge in [-0.25, -0.2) is 4.68 Å². The summed E-state index contributed by atoms with van der Waals surface area (Å²) in [4.78, 5) is 12.7. The molecule has 3 rings (SSSR count). The van der Waals surface area contributed by atoms with Crippen LogP contribution in [0.2, 0.25) is 0 Å². The number of hydrogen-bond donors (Lipinski definition) is 2. The van der Waals surface area contributed by atoms with Crippen LogP contribution in [-0.2, 0) is 11.2 Å². The van der Waals surface area contributed by atoms with Crippen molar-refractivity contribution in [3.05, 3.63) is 41.7 Å². The predicted molar refractivity (Wildman–Crippen MR) is 85.4 cm³/mol. The van der Waals surface area contributed by atoms with E-state index in [0.29, 0.717) is 24.7 Å². The molecule has 0 bridgehead atoms. The molecule has 0 saturated heterocycles.